The summed E-state index contributed by atoms with van der Waals surface area (Å²) in [5.74, 6) is 0.180. The number of carbonyl (C=O) groups excluding carboxylic acids is 2. The van der Waals surface area contributed by atoms with Crippen molar-refractivity contribution in [1.29, 1.82) is 0 Å². The molecule has 3 heterocycles. The molecule has 0 atom stereocenters. The number of aryl methyl sites for hydroxylation is 1. The predicted molar refractivity (Wildman–Crippen MR) is 130 cm³/mol. The highest BCUT2D eigenvalue weighted by atomic mass is 16.5. The van der Waals surface area contributed by atoms with Gasteiger partial charge < -0.3 is 20.7 Å². The first kappa shape index (κ1) is 23.5. The molecule has 34 heavy (non-hydrogen) atoms. The molecule has 2 aliphatic heterocycles. The molecule has 186 valence electrons. The number of hydrogen-bond donors (Lipinski definition) is 3. The third-order valence-electron chi connectivity index (χ3n) is 7.83. The van der Waals surface area contributed by atoms with E-state index in [0.717, 1.165) is 95.8 Å². The van der Waals surface area contributed by atoms with E-state index in [0.29, 0.717) is 36.4 Å². The van der Waals surface area contributed by atoms with E-state index in [-0.39, 0.29) is 6.04 Å². The number of amides is 2. The molecule has 5 rings (SSSR count). The second kappa shape index (κ2) is 11.0. The lowest BCUT2D eigenvalue weighted by atomic mass is 9.90. The largest absolute Gasteiger partial charge is 0.381 e. The smallest absolute Gasteiger partial charge is 0.317 e. The molecule has 0 spiro atoms. The van der Waals surface area contributed by atoms with Crippen LogP contribution in [0.2, 0.25) is 0 Å². The number of anilines is 2. The summed E-state index contributed by atoms with van der Waals surface area (Å²) in [6.45, 7) is 2.23. The number of fused-ring (bicyclic) bond motifs is 1. The summed E-state index contributed by atoms with van der Waals surface area (Å²) in [5.41, 5.74) is 0.951. The highest BCUT2D eigenvalue weighted by Crippen LogP contribution is 2.31. The molecule has 9 nitrogen and oxygen atoms in total. The monoisotopic (exact) mass is 470 g/mol. The molecule has 4 aliphatic rings. The lowest BCUT2D eigenvalue weighted by molar-refractivity contribution is -0.137. The minimum Gasteiger partial charge on any atom is -0.381 e. The molecule has 0 unspecified atom stereocenters. The number of aromatic nitrogens is 2. The van der Waals surface area contributed by atoms with Crippen LogP contribution in [0.3, 0.4) is 0 Å². The van der Waals surface area contributed by atoms with Gasteiger partial charge in [0.05, 0.1) is 0 Å². The van der Waals surface area contributed by atoms with Crippen molar-refractivity contribution >= 4 is 23.6 Å². The lowest BCUT2D eigenvalue weighted by Crippen LogP contribution is -2.48. The molecule has 1 aromatic heterocycles. The molecular weight excluding hydrogens is 432 g/mol. The first-order valence-corrected chi connectivity index (χ1v) is 13.2. The third kappa shape index (κ3) is 5.51. The Morgan fingerprint density at radius 1 is 0.912 bits per heavy atom. The number of nitrogens with one attached hydrogen (secondary N) is 3. The van der Waals surface area contributed by atoms with Gasteiger partial charge >= 0.3 is 11.8 Å². The number of nitrogens with zero attached hydrogens (tertiary/aromatic N) is 3. The van der Waals surface area contributed by atoms with Crippen molar-refractivity contribution in [3.05, 3.63) is 11.8 Å². The van der Waals surface area contributed by atoms with Gasteiger partial charge in [-0.05, 0) is 64.2 Å². The van der Waals surface area contributed by atoms with Crippen LogP contribution in [0, 0.1) is 0 Å². The lowest BCUT2D eigenvalue weighted by Gasteiger charge is -2.34. The molecule has 1 saturated heterocycles. The molecule has 1 aromatic rings. The first-order valence-electron chi connectivity index (χ1n) is 13.2. The maximum absolute atomic E-state index is 13.1. The number of carbonyl (C=O) groups is 2. The van der Waals surface area contributed by atoms with Crippen molar-refractivity contribution in [2.75, 3.05) is 30.0 Å². The Balaban J connectivity index is 1.27. The van der Waals surface area contributed by atoms with Crippen LogP contribution in [0.1, 0.15) is 76.2 Å². The van der Waals surface area contributed by atoms with E-state index in [4.69, 9.17) is 9.72 Å². The summed E-state index contributed by atoms with van der Waals surface area (Å²) < 4.78 is 5.48. The quantitative estimate of drug-likeness (QED) is 0.567. The zero-order valence-corrected chi connectivity index (χ0v) is 20.1. The SMILES string of the molecule is O=C1NCCCc2cnc(NC3CCC(NC4CCOCC4)CC3)nc2N(C2CCCC2)C1=O. The van der Waals surface area contributed by atoms with Crippen LogP contribution in [-0.2, 0) is 20.7 Å². The maximum atomic E-state index is 13.1. The minimum absolute atomic E-state index is 0.0320. The predicted octanol–water partition coefficient (Wildman–Crippen LogP) is 2.31. The van der Waals surface area contributed by atoms with Crippen LogP contribution in [0.15, 0.2) is 6.20 Å². The van der Waals surface area contributed by atoms with Gasteiger partial charge in [0.2, 0.25) is 5.95 Å². The fourth-order valence-electron chi connectivity index (χ4n) is 5.90. The molecule has 3 N–H and O–H groups in total. The fraction of sp³-hybridized carbons (Fsp3) is 0.760. The summed E-state index contributed by atoms with van der Waals surface area (Å²) in [6.07, 6.45) is 14.0. The van der Waals surface area contributed by atoms with Crippen molar-refractivity contribution in [3.63, 3.8) is 0 Å². The second-order valence-electron chi connectivity index (χ2n) is 10.3. The summed E-state index contributed by atoms with van der Waals surface area (Å²) in [5, 5.41) is 10.1. The van der Waals surface area contributed by atoms with E-state index in [1.54, 1.807) is 4.90 Å². The van der Waals surface area contributed by atoms with E-state index in [1.165, 1.54) is 0 Å². The molecular formula is C25H38N6O3. The third-order valence-corrected chi connectivity index (χ3v) is 7.83. The summed E-state index contributed by atoms with van der Waals surface area (Å²) in [6, 6.07) is 1.50. The normalized spacial score (nSPS) is 27.5. The molecule has 0 bridgehead atoms. The van der Waals surface area contributed by atoms with E-state index < -0.39 is 11.8 Å². The van der Waals surface area contributed by atoms with Crippen LogP contribution in [0.4, 0.5) is 11.8 Å². The molecule has 0 radical (unpaired) electrons. The van der Waals surface area contributed by atoms with Gasteiger partial charge in [-0.1, -0.05) is 12.8 Å². The van der Waals surface area contributed by atoms with Crippen molar-refractivity contribution in [3.8, 4) is 0 Å². The van der Waals surface area contributed by atoms with Crippen LogP contribution >= 0.6 is 0 Å². The average molecular weight is 471 g/mol. The highest BCUT2D eigenvalue weighted by molar-refractivity contribution is 6.40. The van der Waals surface area contributed by atoms with Gasteiger partial charge in [-0.25, -0.2) is 4.98 Å². The molecule has 3 fully saturated rings. The number of ether oxygens (including phenoxy) is 1. The highest BCUT2D eigenvalue weighted by Gasteiger charge is 2.35. The van der Waals surface area contributed by atoms with Crippen molar-refractivity contribution < 1.29 is 14.3 Å². The van der Waals surface area contributed by atoms with Crippen molar-refractivity contribution in [2.45, 2.75) is 101 Å². The van der Waals surface area contributed by atoms with Gasteiger partial charge in [-0.3, -0.25) is 14.5 Å². The van der Waals surface area contributed by atoms with Gasteiger partial charge in [0, 0.05) is 55.7 Å². The Labute approximate surface area is 201 Å². The van der Waals surface area contributed by atoms with Crippen LogP contribution in [0.25, 0.3) is 0 Å². The standard InChI is InChI=1S/C25H38N6O3/c32-23-24(33)31(21-5-1-2-6-21)22-17(4-3-13-26-23)16-27-25(30-22)29-19-9-7-18(8-10-19)28-20-11-14-34-15-12-20/h16,18-21,28H,1-15H2,(H,26,32)(H,27,29,30). The maximum Gasteiger partial charge on any atom is 0.317 e. The van der Waals surface area contributed by atoms with Crippen molar-refractivity contribution in [2.24, 2.45) is 0 Å². The first-order chi connectivity index (χ1) is 16.7. The summed E-state index contributed by atoms with van der Waals surface area (Å²) in [7, 11) is 0. The van der Waals surface area contributed by atoms with Gasteiger partial charge in [0.1, 0.15) is 5.82 Å². The van der Waals surface area contributed by atoms with Crippen LogP contribution in [-0.4, -0.2) is 65.7 Å². The van der Waals surface area contributed by atoms with E-state index in [9.17, 15) is 9.59 Å². The molecule has 2 amide bonds. The number of hydrogen-bond acceptors (Lipinski definition) is 7. The zero-order valence-electron chi connectivity index (χ0n) is 20.1. The molecule has 2 aliphatic carbocycles. The average Bonchev–Trinajstić information content (AvgIpc) is 3.40. The Morgan fingerprint density at radius 2 is 1.62 bits per heavy atom. The summed E-state index contributed by atoms with van der Waals surface area (Å²) in [4.78, 5) is 36.7. The Bertz CT molecular complexity index is 860. The van der Waals surface area contributed by atoms with Crippen LogP contribution in [0.5, 0.6) is 0 Å². The van der Waals surface area contributed by atoms with Gasteiger partial charge in [-0.15, -0.1) is 0 Å². The zero-order chi connectivity index (χ0) is 23.3. The molecule has 2 saturated carbocycles. The van der Waals surface area contributed by atoms with Crippen LogP contribution < -0.4 is 20.9 Å². The number of rotatable bonds is 5. The second-order valence-corrected chi connectivity index (χ2v) is 10.3. The summed E-state index contributed by atoms with van der Waals surface area (Å²) >= 11 is 0. The minimum atomic E-state index is -0.525. The topological polar surface area (TPSA) is 108 Å². The Hall–Kier alpha value is -2.26. The van der Waals surface area contributed by atoms with Gasteiger partial charge in [-0.2, -0.15) is 4.98 Å². The van der Waals surface area contributed by atoms with E-state index in [1.807, 2.05) is 6.20 Å². The van der Waals surface area contributed by atoms with E-state index in [2.05, 4.69) is 20.9 Å². The van der Waals surface area contributed by atoms with Gasteiger partial charge in [0.15, 0.2) is 0 Å². The van der Waals surface area contributed by atoms with Crippen molar-refractivity contribution in [1.82, 2.24) is 20.6 Å². The Kier molecular flexibility index (Phi) is 7.59. The molecule has 9 heteroatoms. The van der Waals surface area contributed by atoms with E-state index >= 15 is 0 Å². The Morgan fingerprint density at radius 3 is 2.38 bits per heavy atom. The van der Waals surface area contributed by atoms with Gasteiger partial charge in [0.25, 0.3) is 0 Å². The molecule has 0 aromatic carbocycles. The fourth-order valence-corrected chi connectivity index (χ4v) is 5.90.